The normalized spacial score (nSPS) is 51.5. The van der Waals surface area contributed by atoms with Gasteiger partial charge in [0.2, 0.25) is 0 Å². The number of carbonyl (C=O) groups excluding carboxylic acids is 1. The molecule has 0 spiro atoms. The van der Waals surface area contributed by atoms with Gasteiger partial charge >= 0.3 is 0 Å². The van der Waals surface area contributed by atoms with Crippen LogP contribution >= 0.6 is 0 Å². The van der Waals surface area contributed by atoms with Crippen LogP contribution in [0.15, 0.2) is 11.6 Å². The first-order valence-corrected chi connectivity index (χ1v) is 9.93. The van der Waals surface area contributed by atoms with E-state index in [1.54, 1.807) is 5.57 Å². The van der Waals surface area contributed by atoms with E-state index in [1.165, 1.54) is 32.1 Å². The average molecular weight is 315 g/mol. The molecule has 0 radical (unpaired) electrons. The Labute approximate surface area is 142 Å². The minimum absolute atomic E-state index is 0.0334. The fourth-order valence-corrected chi connectivity index (χ4v) is 7.24. The zero-order valence-electron chi connectivity index (χ0n) is 15.7. The van der Waals surface area contributed by atoms with Crippen LogP contribution in [0.1, 0.15) is 79.6 Å². The molecule has 128 valence electrons. The van der Waals surface area contributed by atoms with Gasteiger partial charge in [-0.2, -0.15) is 0 Å². The summed E-state index contributed by atoms with van der Waals surface area (Å²) in [4.78, 5) is 13.0. The minimum Gasteiger partial charge on any atom is -0.298 e. The van der Waals surface area contributed by atoms with Crippen molar-refractivity contribution < 1.29 is 4.79 Å². The Kier molecular flexibility index (Phi) is 3.27. The minimum atomic E-state index is -0.0969. The molecule has 0 aromatic rings. The molecule has 0 bridgehead atoms. The summed E-state index contributed by atoms with van der Waals surface area (Å²) in [6.07, 6.45) is 11.5. The van der Waals surface area contributed by atoms with Gasteiger partial charge < -0.3 is 0 Å². The van der Waals surface area contributed by atoms with Gasteiger partial charge in [-0.25, -0.2) is 0 Å². The first-order chi connectivity index (χ1) is 10.7. The molecule has 3 fully saturated rings. The second-order valence-corrected chi connectivity index (χ2v) is 10.5. The molecule has 0 aliphatic heterocycles. The molecule has 1 heteroatoms. The third kappa shape index (κ3) is 2.01. The largest absolute Gasteiger partial charge is 0.298 e. The van der Waals surface area contributed by atoms with Crippen molar-refractivity contribution in [2.75, 3.05) is 0 Å². The molecular formula is C22H34O. The van der Waals surface area contributed by atoms with Crippen LogP contribution in [0.25, 0.3) is 0 Å². The quantitative estimate of drug-likeness (QED) is 0.517. The first kappa shape index (κ1) is 15.9. The molecule has 4 aliphatic rings. The van der Waals surface area contributed by atoms with Crippen LogP contribution in [-0.2, 0) is 4.79 Å². The van der Waals surface area contributed by atoms with E-state index in [0.717, 1.165) is 30.6 Å². The van der Waals surface area contributed by atoms with Crippen LogP contribution in [0.3, 0.4) is 0 Å². The van der Waals surface area contributed by atoms with Crippen LogP contribution in [0, 0.1) is 39.9 Å². The van der Waals surface area contributed by atoms with Crippen LogP contribution in [0.5, 0.6) is 0 Å². The zero-order chi connectivity index (χ0) is 16.6. The highest BCUT2D eigenvalue weighted by molar-refractivity contribution is 5.92. The smallest absolute Gasteiger partial charge is 0.144 e. The standard InChI is InChI=1S/C22H34O/c1-14-8-10-21(4)15(12-14)6-7-16-17(21)9-11-22(5)18(16)13-20(2,3)19(22)23/h6,14,16-18H,7-13H2,1-5H3/t14-,16+,17-,18-,21-,22-/m0/s1. The van der Waals surface area contributed by atoms with Crippen molar-refractivity contribution in [3.8, 4) is 0 Å². The summed E-state index contributed by atoms with van der Waals surface area (Å²) in [5.74, 6) is 3.63. The Morgan fingerprint density at radius 3 is 2.43 bits per heavy atom. The van der Waals surface area contributed by atoms with Gasteiger partial charge in [-0.15, -0.1) is 0 Å². The van der Waals surface area contributed by atoms with Crippen LogP contribution < -0.4 is 0 Å². The molecule has 23 heavy (non-hydrogen) atoms. The van der Waals surface area contributed by atoms with Crippen molar-refractivity contribution in [2.45, 2.75) is 79.6 Å². The number of Topliss-reactive ketones (excluding diaryl/α,β-unsaturated/α-hetero) is 1. The fourth-order valence-electron chi connectivity index (χ4n) is 7.24. The summed E-state index contributed by atoms with van der Waals surface area (Å²) in [5, 5.41) is 0. The summed E-state index contributed by atoms with van der Waals surface area (Å²) >= 11 is 0. The molecule has 0 aromatic heterocycles. The number of rotatable bonds is 0. The second-order valence-electron chi connectivity index (χ2n) is 10.5. The highest BCUT2D eigenvalue weighted by atomic mass is 16.1. The van der Waals surface area contributed by atoms with Crippen LogP contribution in [-0.4, -0.2) is 5.78 Å². The molecule has 0 unspecified atom stereocenters. The van der Waals surface area contributed by atoms with E-state index >= 15 is 0 Å². The molecule has 0 aromatic carbocycles. The highest BCUT2D eigenvalue weighted by Gasteiger charge is 2.62. The van der Waals surface area contributed by atoms with Crippen molar-refractivity contribution in [2.24, 2.45) is 39.9 Å². The molecule has 1 nitrogen and oxygen atoms in total. The summed E-state index contributed by atoms with van der Waals surface area (Å²) in [6, 6.07) is 0. The highest BCUT2D eigenvalue weighted by Crippen LogP contribution is 2.66. The van der Waals surface area contributed by atoms with Crippen LogP contribution in [0.2, 0.25) is 0 Å². The van der Waals surface area contributed by atoms with Crippen molar-refractivity contribution in [3.63, 3.8) is 0 Å². The van der Waals surface area contributed by atoms with Gasteiger partial charge in [0.05, 0.1) is 0 Å². The summed E-state index contributed by atoms with van der Waals surface area (Å²) in [7, 11) is 0. The van der Waals surface area contributed by atoms with Crippen molar-refractivity contribution >= 4 is 5.78 Å². The van der Waals surface area contributed by atoms with Gasteiger partial charge in [-0.05, 0) is 74.0 Å². The van der Waals surface area contributed by atoms with E-state index in [-0.39, 0.29) is 10.8 Å². The van der Waals surface area contributed by atoms with Gasteiger partial charge in [-0.3, -0.25) is 4.79 Å². The van der Waals surface area contributed by atoms with Gasteiger partial charge in [0.1, 0.15) is 5.78 Å². The van der Waals surface area contributed by atoms with Gasteiger partial charge in [-0.1, -0.05) is 46.3 Å². The summed E-state index contributed by atoms with van der Waals surface area (Å²) in [5.41, 5.74) is 2.07. The van der Waals surface area contributed by atoms with Crippen molar-refractivity contribution in [1.82, 2.24) is 0 Å². The fraction of sp³-hybridized carbons (Fsp3) is 0.864. The molecule has 4 aliphatic carbocycles. The predicted molar refractivity (Wildman–Crippen MR) is 95.0 cm³/mol. The zero-order valence-corrected chi connectivity index (χ0v) is 15.7. The maximum absolute atomic E-state index is 13.0. The third-order valence-electron chi connectivity index (χ3n) is 8.60. The third-order valence-corrected chi connectivity index (χ3v) is 8.60. The Balaban J connectivity index is 1.71. The van der Waals surface area contributed by atoms with Gasteiger partial charge in [0.25, 0.3) is 0 Å². The lowest BCUT2D eigenvalue weighted by atomic mass is 9.47. The van der Waals surface area contributed by atoms with Gasteiger partial charge in [0.15, 0.2) is 0 Å². The Morgan fingerprint density at radius 1 is 1.00 bits per heavy atom. The molecule has 0 saturated heterocycles. The van der Waals surface area contributed by atoms with E-state index in [4.69, 9.17) is 0 Å². The van der Waals surface area contributed by atoms with Crippen LogP contribution in [0.4, 0.5) is 0 Å². The molecular weight excluding hydrogens is 280 g/mol. The Hall–Kier alpha value is -0.590. The molecule has 0 heterocycles. The SMILES string of the molecule is C[C@H]1CC[C@@]2(C)C(=CC[C@@H]3[C@@H]2CC[C@]2(C)C(=O)C(C)(C)C[C@@H]32)C1. The Bertz CT molecular complexity index is 571. The van der Waals surface area contributed by atoms with E-state index in [2.05, 4.69) is 40.7 Å². The maximum Gasteiger partial charge on any atom is 0.144 e. The number of hydrogen-bond donors (Lipinski definition) is 0. The molecule has 3 saturated carbocycles. The number of allylic oxidation sites excluding steroid dienone is 2. The van der Waals surface area contributed by atoms with Crippen molar-refractivity contribution in [1.29, 1.82) is 0 Å². The molecule has 0 N–H and O–H groups in total. The first-order valence-electron chi connectivity index (χ1n) is 9.93. The lowest BCUT2D eigenvalue weighted by Gasteiger charge is -2.57. The Morgan fingerprint density at radius 2 is 1.70 bits per heavy atom. The second kappa shape index (κ2) is 4.73. The van der Waals surface area contributed by atoms with E-state index in [9.17, 15) is 4.79 Å². The molecule has 4 rings (SSSR count). The molecule has 0 amide bonds. The number of carbonyl (C=O) groups is 1. The van der Waals surface area contributed by atoms with E-state index in [0.29, 0.717) is 17.1 Å². The topological polar surface area (TPSA) is 17.1 Å². The summed E-state index contributed by atoms with van der Waals surface area (Å²) < 4.78 is 0. The number of ketones is 1. The number of hydrogen-bond acceptors (Lipinski definition) is 1. The number of fused-ring (bicyclic) bond motifs is 5. The summed E-state index contributed by atoms with van der Waals surface area (Å²) in [6.45, 7) is 11.7. The lowest BCUT2D eigenvalue weighted by molar-refractivity contribution is -0.136. The monoisotopic (exact) mass is 314 g/mol. The maximum atomic E-state index is 13.0. The molecule has 6 atom stereocenters. The van der Waals surface area contributed by atoms with E-state index < -0.39 is 0 Å². The lowest BCUT2D eigenvalue weighted by Crippen LogP contribution is -2.50. The van der Waals surface area contributed by atoms with Gasteiger partial charge in [0, 0.05) is 10.8 Å². The van der Waals surface area contributed by atoms with E-state index in [1.807, 2.05) is 0 Å². The predicted octanol–water partition coefficient (Wildman–Crippen LogP) is 5.79. The van der Waals surface area contributed by atoms with Crippen molar-refractivity contribution in [3.05, 3.63) is 11.6 Å². The average Bonchev–Trinajstić information content (AvgIpc) is 2.68.